The van der Waals surface area contributed by atoms with Gasteiger partial charge in [-0.1, -0.05) is 5.92 Å². The van der Waals surface area contributed by atoms with Crippen LogP contribution in [0.4, 0.5) is 4.79 Å². The lowest BCUT2D eigenvalue weighted by atomic mass is 9.99. The number of nitrogens with one attached hydrogen (secondary N) is 1. The number of imide groups is 1. The Morgan fingerprint density at radius 2 is 2.38 bits per heavy atom. The number of carbonyl (C=O) groups excluding carboxylic acids is 2. The standard InChI is InChI=1S/C11H10N2O3/c1-3-6-13-9(14)11(2,12-10(13)15)8-5-4-7-16-8/h1,4-5,7H,6H2,2H3,(H,12,15). The highest BCUT2D eigenvalue weighted by atomic mass is 16.3. The van der Waals surface area contributed by atoms with Crippen LogP contribution in [0.1, 0.15) is 12.7 Å². The number of furan rings is 1. The van der Waals surface area contributed by atoms with Gasteiger partial charge in [-0.15, -0.1) is 6.42 Å². The van der Waals surface area contributed by atoms with Crippen molar-refractivity contribution < 1.29 is 14.0 Å². The van der Waals surface area contributed by atoms with E-state index in [2.05, 4.69) is 11.2 Å². The van der Waals surface area contributed by atoms with Crippen LogP contribution in [0.15, 0.2) is 22.8 Å². The quantitative estimate of drug-likeness (QED) is 0.586. The average molecular weight is 218 g/mol. The van der Waals surface area contributed by atoms with Gasteiger partial charge in [-0.25, -0.2) is 4.79 Å². The van der Waals surface area contributed by atoms with Gasteiger partial charge in [0.25, 0.3) is 5.91 Å². The monoisotopic (exact) mass is 218 g/mol. The van der Waals surface area contributed by atoms with E-state index < -0.39 is 17.5 Å². The van der Waals surface area contributed by atoms with Crippen molar-refractivity contribution in [2.24, 2.45) is 0 Å². The first-order valence-electron chi connectivity index (χ1n) is 4.71. The van der Waals surface area contributed by atoms with Crippen LogP contribution in [-0.2, 0) is 10.3 Å². The van der Waals surface area contributed by atoms with E-state index in [0.717, 1.165) is 4.90 Å². The summed E-state index contributed by atoms with van der Waals surface area (Å²) in [5.41, 5.74) is -1.16. The fraction of sp³-hybridized carbons (Fsp3) is 0.273. The minimum absolute atomic E-state index is 0.0407. The van der Waals surface area contributed by atoms with Gasteiger partial charge in [0, 0.05) is 0 Å². The van der Waals surface area contributed by atoms with Crippen LogP contribution >= 0.6 is 0 Å². The minimum atomic E-state index is -1.16. The number of carbonyl (C=O) groups is 2. The van der Waals surface area contributed by atoms with Gasteiger partial charge < -0.3 is 9.73 Å². The van der Waals surface area contributed by atoms with Gasteiger partial charge in [-0.05, 0) is 19.1 Å². The highest BCUT2D eigenvalue weighted by molar-refractivity contribution is 6.07. The molecule has 2 heterocycles. The zero-order valence-electron chi connectivity index (χ0n) is 8.69. The molecular formula is C11H10N2O3. The molecule has 5 heteroatoms. The molecule has 0 aromatic carbocycles. The number of hydrogen-bond donors (Lipinski definition) is 1. The van der Waals surface area contributed by atoms with Crippen LogP contribution in [0.5, 0.6) is 0 Å². The van der Waals surface area contributed by atoms with Gasteiger partial charge in [0.15, 0.2) is 5.54 Å². The molecule has 1 aliphatic rings. The van der Waals surface area contributed by atoms with Crippen LogP contribution in [-0.4, -0.2) is 23.4 Å². The van der Waals surface area contributed by atoms with E-state index in [0.29, 0.717) is 5.76 Å². The molecule has 16 heavy (non-hydrogen) atoms. The maximum absolute atomic E-state index is 12.0. The van der Waals surface area contributed by atoms with E-state index in [1.54, 1.807) is 19.1 Å². The first kappa shape index (κ1) is 10.3. The summed E-state index contributed by atoms with van der Waals surface area (Å²) in [6.45, 7) is 1.55. The molecule has 5 nitrogen and oxygen atoms in total. The van der Waals surface area contributed by atoms with Crippen LogP contribution in [0.3, 0.4) is 0 Å². The molecule has 3 amide bonds. The van der Waals surface area contributed by atoms with Gasteiger partial charge in [0.05, 0.1) is 12.8 Å². The second-order valence-corrected chi connectivity index (χ2v) is 3.63. The highest BCUT2D eigenvalue weighted by Gasteiger charge is 2.50. The summed E-state index contributed by atoms with van der Waals surface area (Å²) in [5, 5.41) is 2.57. The Bertz CT molecular complexity index is 472. The van der Waals surface area contributed by atoms with Crippen molar-refractivity contribution in [1.82, 2.24) is 10.2 Å². The first-order chi connectivity index (χ1) is 7.59. The molecule has 1 aromatic heterocycles. The topological polar surface area (TPSA) is 62.6 Å². The lowest BCUT2D eigenvalue weighted by Gasteiger charge is -2.18. The fourth-order valence-electron chi connectivity index (χ4n) is 1.66. The maximum atomic E-state index is 12.0. The molecule has 82 valence electrons. The molecule has 1 unspecified atom stereocenters. The predicted octanol–water partition coefficient (Wildman–Crippen LogP) is 0.680. The zero-order valence-corrected chi connectivity index (χ0v) is 8.69. The molecule has 1 N–H and O–H groups in total. The predicted molar refractivity (Wildman–Crippen MR) is 55.1 cm³/mol. The molecule has 0 bridgehead atoms. The van der Waals surface area contributed by atoms with E-state index in [9.17, 15) is 9.59 Å². The zero-order chi connectivity index (χ0) is 11.8. The smallest absolute Gasteiger partial charge is 0.326 e. The third-order valence-electron chi connectivity index (χ3n) is 2.54. The van der Waals surface area contributed by atoms with E-state index in [1.807, 2.05) is 0 Å². The molecule has 0 aliphatic carbocycles. The lowest BCUT2D eigenvalue weighted by molar-refractivity contribution is -0.131. The third-order valence-corrected chi connectivity index (χ3v) is 2.54. The summed E-state index contributed by atoms with van der Waals surface area (Å²) in [7, 11) is 0. The van der Waals surface area contributed by atoms with Crippen LogP contribution < -0.4 is 5.32 Å². The van der Waals surface area contributed by atoms with Crippen molar-refractivity contribution in [3.8, 4) is 12.3 Å². The van der Waals surface area contributed by atoms with Gasteiger partial charge in [0.1, 0.15) is 5.76 Å². The SMILES string of the molecule is C#CCN1C(=O)NC(C)(c2ccco2)C1=O. The molecular weight excluding hydrogens is 208 g/mol. The molecule has 0 radical (unpaired) electrons. The number of nitrogens with zero attached hydrogens (tertiary/aromatic N) is 1. The summed E-state index contributed by atoms with van der Waals surface area (Å²) in [6, 6.07) is 2.79. The molecule has 0 saturated carbocycles. The molecule has 0 spiro atoms. The Morgan fingerprint density at radius 1 is 1.62 bits per heavy atom. The molecule has 1 fully saturated rings. The number of terminal acetylenes is 1. The number of hydrogen-bond acceptors (Lipinski definition) is 3. The Kier molecular flexibility index (Phi) is 2.20. The molecule has 1 aliphatic heterocycles. The number of urea groups is 1. The summed E-state index contributed by atoms with van der Waals surface area (Å²) >= 11 is 0. The van der Waals surface area contributed by atoms with E-state index in [4.69, 9.17) is 10.8 Å². The van der Waals surface area contributed by atoms with E-state index >= 15 is 0 Å². The highest BCUT2D eigenvalue weighted by Crippen LogP contribution is 2.28. The van der Waals surface area contributed by atoms with Crippen molar-refractivity contribution in [3.63, 3.8) is 0 Å². The van der Waals surface area contributed by atoms with Gasteiger partial charge in [0.2, 0.25) is 0 Å². The molecule has 2 rings (SSSR count). The second kappa shape index (κ2) is 3.42. The summed E-state index contributed by atoms with van der Waals surface area (Å²) in [6.07, 6.45) is 6.54. The molecule has 1 atom stereocenters. The second-order valence-electron chi connectivity index (χ2n) is 3.63. The summed E-state index contributed by atoms with van der Waals surface area (Å²) < 4.78 is 5.15. The van der Waals surface area contributed by atoms with Crippen molar-refractivity contribution in [2.75, 3.05) is 6.54 Å². The van der Waals surface area contributed by atoms with Crippen LogP contribution in [0, 0.1) is 12.3 Å². The Balaban J connectivity index is 2.37. The average Bonchev–Trinajstić information content (AvgIpc) is 2.83. The lowest BCUT2D eigenvalue weighted by Crippen LogP contribution is -2.40. The van der Waals surface area contributed by atoms with Gasteiger partial charge >= 0.3 is 6.03 Å². The Hall–Kier alpha value is -2.22. The molecule has 1 aromatic rings. The van der Waals surface area contributed by atoms with E-state index in [1.165, 1.54) is 6.26 Å². The number of rotatable bonds is 2. The third kappa shape index (κ3) is 1.27. The van der Waals surface area contributed by atoms with E-state index in [-0.39, 0.29) is 6.54 Å². The van der Waals surface area contributed by atoms with Crippen molar-refractivity contribution in [1.29, 1.82) is 0 Å². The van der Waals surface area contributed by atoms with Crippen molar-refractivity contribution in [3.05, 3.63) is 24.2 Å². The summed E-state index contributed by atoms with van der Waals surface area (Å²) in [4.78, 5) is 24.5. The molecule has 1 saturated heterocycles. The Morgan fingerprint density at radius 3 is 2.94 bits per heavy atom. The first-order valence-corrected chi connectivity index (χ1v) is 4.71. The van der Waals surface area contributed by atoms with Crippen LogP contribution in [0.25, 0.3) is 0 Å². The van der Waals surface area contributed by atoms with Gasteiger partial charge in [-0.2, -0.15) is 0 Å². The van der Waals surface area contributed by atoms with Gasteiger partial charge in [-0.3, -0.25) is 9.69 Å². The largest absolute Gasteiger partial charge is 0.466 e. The number of amides is 3. The van der Waals surface area contributed by atoms with Crippen molar-refractivity contribution in [2.45, 2.75) is 12.5 Å². The Labute approximate surface area is 92.4 Å². The summed E-state index contributed by atoms with van der Waals surface area (Å²) in [5.74, 6) is 2.26. The fourth-order valence-corrected chi connectivity index (χ4v) is 1.66. The maximum Gasteiger partial charge on any atom is 0.326 e. The normalized spacial score (nSPS) is 24.4. The van der Waals surface area contributed by atoms with Crippen LogP contribution in [0.2, 0.25) is 0 Å². The minimum Gasteiger partial charge on any atom is -0.466 e. The van der Waals surface area contributed by atoms with Crippen molar-refractivity contribution >= 4 is 11.9 Å².